The van der Waals surface area contributed by atoms with Crippen LogP contribution in [0.4, 0.5) is 0 Å². The number of carbonyl (C=O) groups is 3. The molecule has 1 heterocycles. The largest absolute Gasteiger partial charge is 0.480 e. The number of nitrogens with two attached hydrogens (primary N) is 2. The third kappa shape index (κ3) is 2.69. The van der Waals surface area contributed by atoms with Gasteiger partial charge in [0.2, 0.25) is 11.8 Å². The van der Waals surface area contributed by atoms with Crippen molar-refractivity contribution < 1.29 is 19.5 Å². The monoisotopic (exact) mass is 229 g/mol. The normalized spacial score (nSPS) is 21.8. The maximum Gasteiger partial charge on any atom is 0.326 e. The Morgan fingerprint density at radius 2 is 2.06 bits per heavy atom. The number of carboxylic acids is 1. The third-order valence-electron chi connectivity index (χ3n) is 2.56. The van der Waals surface area contributed by atoms with E-state index in [4.69, 9.17) is 16.6 Å². The first-order valence-corrected chi connectivity index (χ1v) is 5.00. The van der Waals surface area contributed by atoms with E-state index in [0.29, 0.717) is 19.4 Å². The second kappa shape index (κ2) is 4.93. The molecule has 0 aliphatic carbocycles. The van der Waals surface area contributed by atoms with Crippen LogP contribution in [0.5, 0.6) is 0 Å². The molecule has 16 heavy (non-hydrogen) atoms. The molecule has 0 aromatic rings. The molecule has 7 nitrogen and oxygen atoms in total. The maximum absolute atomic E-state index is 11.7. The lowest BCUT2D eigenvalue weighted by Crippen LogP contribution is -2.49. The molecule has 0 aromatic carbocycles. The van der Waals surface area contributed by atoms with Gasteiger partial charge in [-0.05, 0) is 12.8 Å². The summed E-state index contributed by atoms with van der Waals surface area (Å²) in [5.74, 6) is -2.24. The van der Waals surface area contributed by atoms with Crippen molar-refractivity contribution in [1.82, 2.24) is 4.90 Å². The molecule has 5 N–H and O–H groups in total. The van der Waals surface area contributed by atoms with Gasteiger partial charge >= 0.3 is 5.97 Å². The van der Waals surface area contributed by atoms with Crippen molar-refractivity contribution in [3.05, 3.63) is 0 Å². The van der Waals surface area contributed by atoms with Gasteiger partial charge in [0.1, 0.15) is 6.04 Å². The molecule has 1 saturated heterocycles. The predicted molar refractivity (Wildman–Crippen MR) is 54.2 cm³/mol. The van der Waals surface area contributed by atoms with Crippen LogP contribution in [0, 0.1) is 0 Å². The first-order valence-electron chi connectivity index (χ1n) is 5.00. The predicted octanol–water partition coefficient (Wildman–Crippen LogP) is -1.74. The third-order valence-corrected chi connectivity index (χ3v) is 2.56. The van der Waals surface area contributed by atoms with Gasteiger partial charge in [-0.15, -0.1) is 0 Å². The molecule has 0 bridgehead atoms. The molecule has 0 radical (unpaired) electrons. The van der Waals surface area contributed by atoms with E-state index in [1.165, 1.54) is 4.90 Å². The first-order chi connectivity index (χ1) is 7.43. The Morgan fingerprint density at radius 3 is 2.56 bits per heavy atom. The smallest absolute Gasteiger partial charge is 0.326 e. The molecule has 7 heteroatoms. The summed E-state index contributed by atoms with van der Waals surface area (Å²) in [4.78, 5) is 34.4. The zero-order chi connectivity index (χ0) is 12.3. The van der Waals surface area contributed by atoms with Crippen LogP contribution in [0.15, 0.2) is 0 Å². The number of aliphatic carboxylic acids is 1. The molecule has 0 spiro atoms. The Hall–Kier alpha value is -1.63. The highest BCUT2D eigenvalue weighted by Crippen LogP contribution is 2.18. The van der Waals surface area contributed by atoms with E-state index in [-0.39, 0.29) is 6.42 Å². The fourth-order valence-corrected chi connectivity index (χ4v) is 1.80. The van der Waals surface area contributed by atoms with Gasteiger partial charge in [0, 0.05) is 6.54 Å². The zero-order valence-corrected chi connectivity index (χ0v) is 8.76. The molecule has 1 aliphatic heterocycles. The highest BCUT2D eigenvalue weighted by atomic mass is 16.4. The highest BCUT2D eigenvalue weighted by molar-refractivity contribution is 5.90. The summed E-state index contributed by atoms with van der Waals surface area (Å²) >= 11 is 0. The summed E-state index contributed by atoms with van der Waals surface area (Å²) in [7, 11) is 0. The summed E-state index contributed by atoms with van der Waals surface area (Å²) in [5, 5.41) is 8.87. The molecule has 1 fully saturated rings. The van der Waals surface area contributed by atoms with Gasteiger partial charge in [-0.3, -0.25) is 9.59 Å². The molecule has 0 saturated carbocycles. The van der Waals surface area contributed by atoms with Crippen LogP contribution in [0.3, 0.4) is 0 Å². The number of hydrogen-bond acceptors (Lipinski definition) is 4. The van der Waals surface area contributed by atoms with E-state index in [1.807, 2.05) is 0 Å². The fraction of sp³-hybridized carbons (Fsp3) is 0.667. The molecule has 0 aromatic heterocycles. The maximum atomic E-state index is 11.7. The standard InChI is InChI=1S/C9H15N3O4/c10-5(4-7(11)13)8(14)12-3-1-2-6(12)9(15)16/h5-6H,1-4,10H2,(H2,11,13)(H,15,16)/t5?,6-/m1/s1. The van der Waals surface area contributed by atoms with Crippen molar-refractivity contribution in [2.45, 2.75) is 31.3 Å². The minimum Gasteiger partial charge on any atom is -0.480 e. The van der Waals surface area contributed by atoms with E-state index >= 15 is 0 Å². The van der Waals surface area contributed by atoms with E-state index in [1.54, 1.807) is 0 Å². The minimum atomic E-state index is -1.04. The Morgan fingerprint density at radius 1 is 1.44 bits per heavy atom. The fourth-order valence-electron chi connectivity index (χ4n) is 1.80. The van der Waals surface area contributed by atoms with E-state index in [2.05, 4.69) is 0 Å². The van der Waals surface area contributed by atoms with Crippen LogP contribution in [-0.4, -0.2) is 46.4 Å². The Bertz CT molecular complexity index is 318. The molecule has 90 valence electrons. The van der Waals surface area contributed by atoms with Gasteiger partial charge in [0.05, 0.1) is 12.5 Å². The Kier molecular flexibility index (Phi) is 3.83. The van der Waals surface area contributed by atoms with E-state index in [0.717, 1.165) is 0 Å². The SMILES string of the molecule is NC(=O)CC(N)C(=O)N1CCC[C@@H]1C(=O)O. The van der Waals surface area contributed by atoms with Gasteiger partial charge in [0.25, 0.3) is 0 Å². The highest BCUT2D eigenvalue weighted by Gasteiger charge is 2.36. The van der Waals surface area contributed by atoms with E-state index in [9.17, 15) is 14.4 Å². The van der Waals surface area contributed by atoms with Crippen molar-refractivity contribution in [3.63, 3.8) is 0 Å². The second-order valence-corrected chi connectivity index (χ2v) is 3.80. The van der Waals surface area contributed by atoms with Crippen LogP contribution in [-0.2, 0) is 14.4 Å². The van der Waals surface area contributed by atoms with Gasteiger partial charge < -0.3 is 21.5 Å². The molecule has 2 amide bonds. The number of carbonyl (C=O) groups excluding carboxylic acids is 2. The van der Waals surface area contributed by atoms with Crippen LogP contribution in [0.25, 0.3) is 0 Å². The average Bonchev–Trinajstić information content (AvgIpc) is 2.63. The molecular weight excluding hydrogens is 214 g/mol. The van der Waals surface area contributed by atoms with Gasteiger partial charge in [-0.25, -0.2) is 4.79 Å². The molecular formula is C9H15N3O4. The zero-order valence-electron chi connectivity index (χ0n) is 8.76. The number of likely N-dealkylation sites (tertiary alicyclic amines) is 1. The van der Waals surface area contributed by atoms with Crippen molar-refractivity contribution in [2.75, 3.05) is 6.54 Å². The summed E-state index contributed by atoms with van der Waals surface area (Å²) in [6.07, 6.45) is 0.790. The summed E-state index contributed by atoms with van der Waals surface area (Å²) in [6, 6.07) is -1.87. The lowest BCUT2D eigenvalue weighted by molar-refractivity contribution is -0.148. The number of nitrogens with zero attached hydrogens (tertiary/aromatic N) is 1. The van der Waals surface area contributed by atoms with Gasteiger partial charge in [-0.1, -0.05) is 0 Å². The van der Waals surface area contributed by atoms with Crippen molar-refractivity contribution >= 4 is 17.8 Å². The minimum absolute atomic E-state index is 0.262. The number of amides is 2. The topological polar surface area (TPSA) is 127 Å². The molecule has 1 aliphatic rings. The molecule has 1 rings (SSSR count). The Labute approximate surface area is 92.4 Å². The van der Waals surface area contributed by atoms with Crippen LogP contribution in [0.2, 0.25) is 0 Å². The van der Waals surface area contributed by atoms with Crippen LogP contribution >= 0.6 is 0 Å². The summed E-state index contributed by atoms with van der Waals surface area (Å²) in [6.45, 7) is 0.363. The summed E-state index contributed by atoms with van der Waals surface area (Å²) in [5.41, 5.74) is 10.4. The second-order valence-electron chi connectivity index (χ2n) is 3.80. The van der Waals surface area contributed by atoms with Crippen molar-refractivity contribution in [2.24, 2.45) is 11.5 Å². The number of primary amides is 1. The van der Waals surface area contributed by atoms with E-state index < -0.39 is 29.9 Å². The summed E-state index contributed by atoms with van der Waals surface area (Å²) < 4.78 is 0. The van der Waals surface area contributed by atoms with Crippen LogP contribution in [0.1, 0.15) is 19.3 Å². The first kappa shape index (κ1) is 12.4. The Balaban J connectivity index is 2.65. The average molecular weight is 229 g/mol. The molecule has 1 unspecified atom stereocenters. The molecule has 2 atom stereocenters. The van der Waals surface area contributed by atoms with Crippen LogP contribution < -0.4 is 11.5 Å². The quantitative estimate of drug-likeness (QED) is 0.527. The van der Waals surface area contributed by atoms with Gasteiger partial charge in [-0.2, -0.15) is 0 Å². The number of rotatable bonds is 4. The lowest BCUT2D eigenvalue weighted by Gasteiger charge is -2.24. The lowest BCUT2D eigenvalue weighted by atomic mass is 10.1. The number of carboxylic acid groups (broad SMARTS) is 1. The van der Waals surface area contributed by atoms with Crippen molar-refractivity contribution in [1.29, 1.82) is 0 Å². The van der Waals surface area contributed by atoms with Crippen molar-refractivity contribution in [3.8, 4) is 0 Å². The van der Waals surface area contributed by atoms with Gasteiger partial charge in [0.15, 0.2) is 0 Å². The number of hydrogen-bond donors (Lipinski definition) is 3.